The Hall–Kier alpha value is -2.06. The maximum atomic E-state index is 13.5. The molecule has 1 aromatic heterocycles. The largest absolute Gasteiger partial charge is 0.482 e. The average Bonchev–Trinajstić information content (AvgIpc) is 3.12. The minimum absolute atomic E-state index is 0.207. The average molecular weight is 510 g/mol. The zero-order valence-electron chi connectivity index (χ0n) is 17.3. The summed E-state index contributed by atoms with van der Waals surface area (Å²) in [7, 11) is -3.79. The van der Waals surface area contributed by atoms with Gasteiger partial charge in [-0.2, -0.15) is 0 Å². The number of carbonyl (C=O) groups is 1. The van der Waals surface area contributed by atoms with Crippen LogP contribution in [-0.2, 0) is 27.5 Å². The summed E-state index contributed by atoms with van der Waals surface area (Å²) in [6, 6.07) is 11.5. The quantitative estimate of drug-likeness (QED) is 0.436. The van der Waals surface area contributed by atoms with E-state index in [4.69, 9.17) is 27.9 Å². The molecule has 0 saturated carbocycles. The summed E-state index contributed by atoms with van der Waals surface area (Å²) in [6.45, 7) is 1.59. The molecule has 0 spiro atoms. The number of hydrogen-bond acceptors (Lipinski definition) is 5. The predicted octanol–water partition coefficient (Wildman–Crippen LogP) is 6.09. The first kappa shape index (κ1) is 23.1. The minimum atomic E-state index is -3.79. The molecule has 1 aliphatic rings. The molecule has 168 valence electrons. The summed E-state index contributed by atoms with van der Waals surface area (Å²) >= 11 is 13.3. The molecule has 32 heavy (non-hydrogen) atoms. The highest BCUT2D eigenvalue weighted by atomic mass is 35.5. The van der Waals surface area contributed by atoms with Crippen molar-refractivity contribution in [3.63, 3.8) is 0 Å². The normalized spacial score (nSPS) is 13.5. The minimum Gasteiger partial charge on any atom is -0.482 e. The van der Waals surface area contributed by atoms with Gasteiger partial charge in [0.1, 0.15) is 15.6 Å². The number of nitrogens with one attached hydrogen (secondary N) is 1. The van der Waals surface area contributed by atoms with Crippen LogP contribution in [0.15, 0.2) is 52.3 Å². The maximum Gasteiger partial charge on any atom is 0.262 e. The van der Waals surface area contributed by atoms with Crippen molar-refractivity contribution in [2.45, 2.75) is 42.4 Å². The second-order valence-corrected chi connectivity index (χ2v) is 11.4. The number of amides is 1. The predicted molar refractivity (Wildman–Crippen MR) is 128 cm³/mol. The Kier molecular flexibility index (Phi) is 6.81. The zero-order chi connectivity index (χ0) is 22.9. The Bertz CT molecular complexity index is 1270. The highest BCUT2D eigenvalue weighted by Crippen LogP contribution is 2.43. The van der Waals surface area contributed by atoms with E-state index < -0.39 is 15.7 Å². The summed E-state index contributed by atoms with van der Waals surface area (Å²) in [5.41, 5.74) is 1.79. The molecule has 0 bridgehead atoms. The number of rotatable bonds is 6. The maximum absolute atomic E-state index is 13.5. The van der Waals surface area contributed by atoms with E-state index >= 15 is 0 Å². The van der Waals surface area contributed by atoms with E-state index in [0.29, 0.717) is 27.2 Å². The van der Waals surface area contributed by atoms with Gasteiger partial charge in [0.25, 0.3) is 5.91 Å². The number of aryl methyl sites for hydroxylation is 2. The molecule has 3 aromatic rings. The third-order valence-corrected chi connectivity index (χ3v) is 8.98. The van der Waals surface area contributed by atoms with Crippen LogP contribution in [0.2, 0.25) is 10.0 Å². The smallest absolute Gasteiger partial charge is 0.262 e. The van der Waals surface area contributed by atoms with Gasteiger partial charge in [0.2, 0.25) is 9.84 Å². The first-order valence-electron chi connectivity index (χ1n) is 10.1. The van der Waals surface area contributed by atoms with Crippen molar-refractivity contribution in [3.8, 4) is 5.75 Å². The highest BCUT2D eigenvalue weighted by molar-refractivity contribution is 7.92. The van der Waals surface area contributed by atoms with E-state index in [1.165, 1.54) is 17.4 Å². The van der Waals surface area contributed by atoms with Gasteiger partial charge in [0.05, 0.1) is 9.92 Å². The van der Waals surface area contributed by atoms with Gasteiger partial charge in [0.15, 0.2) is 6.61 Å². The fraction of sp³-hybridized carbons (Fsp3) is 0.261. The number of thiophene rings is 1. The van der Waals surface area contributed by atoms with Crippen molar-refractivity contribution in [1.82, 2.24) is 0 Å². The van der Waals surface area contributed by atoms with Gasteiger partial charge in [-0.25, -0.2) is 8.42 Å². The van der Waals surface area contributed by atoms with Gasteiger partial charge in [-0.1, -0.05) is 40.9 Å². The zero-order valence-corrected chi connectivity index (χ0v) is 20.4. The Morgan fingerprint density at radius 1 is 1.09 bits per heavy atom. The molecule has 4 rings (SSSR count). The number of anilines is 1. The number of benzene rings is 2. The molecule has 0 fully saturated rings. The molecule has 1 amide bonds. The lowest BCUT2D eigenvalue weighted by molar-refractivity contribution is -0.118. The van der Waals surface area contributed by atoms with E-state index in [1.807, 2.05) is 6.92 Å². The van der Waals surface area contributed by atoms with Crippen LogP contribution < -0.4 is 10.1 Å². The Morgan fingerprint density at radius 2 is 1.81 bits per heavy atom. The fourth-order valence-corrected chi connectivity index (χ4v) is 7.39. The second-order valence-electron chi connectivity index (χ2n) is 7.60. The standard InChI is InChI=1S/C23H21Cl2NO4S2/c1-14-6-9-16(10-7-14)32(28,29)22-17-4-2-3-5-20(17)31-23(22)26-21(27)13-30-19-11-8-15(24)12-18(19)25/h6-12H,2-5,13H2,1H3,(H,26,27). The molecular formula is C23H21Cl2NO4S2. The first-order valence-corrected chi connectivity index (χ1v) is 13.2. The molecule has 0 saturated heterocycles. The second kappa shape index (κ2) is 9.43. The molecule has 1 N–H and O–H groups in total. The van der Waals surface area contributed by atoms with E-state index in [1.54, 1.807) is 36.4 Å². The number of sulfone groups is 1. The molecule has 1 aliphatic carbocycles. The van der Waals surface area contributed by atoms with Crippen LogP contribution in [0.1, 0.15) is 28.8 Å². The monoisotopic (exact) mass is 509 g/mol. The molecule has 0 unspecified atom stereocenters. The Balaban J connectivity index is 1.62. The van der Waals surface area contributed by atoms with Crippen molar-refractivity contribution in [2.24, 2.45) is 0 Å². The van der Waals surface area contributed by atoms with E-state index in [-0.39, 0.29) is 16.4 Å². The lowest BCUT2D eigenvalue weighted by Gasteiger charge is -2.14. The van der Waals surface area contributed by atoms with Gasteiger partial charge in [-0.15, -0.1) is 11.3 Å². The molecule has 2 aromatic carbocycles. The summed E-state index contributed by atoms with van der Waals surface area (Å²) in [4.78, 5) is 14.1. The van der Waals surface area contributed by atoms with Gasteiger partial charge in [-0.3, -0.25) is 4.79 Å². The molecule has 0 radical (unpaired) electrons. The third kappa shape index (κ3) is 4.81. The molecule has 0 atom stereocenters. The van der Waals surface area contributed by atoms with Crippen molar-refractivity contribution >= 4 is 55.3 Å². The van der Waals surface area contributed by atoms with Crippen LogP contribution in [0.25, 0.3) is 0 Å². The van der Waals surface area contributed by atoms with E-state index in [2.05, 4.69) is 5.32 Å². The summed E-state index contributed by atoms with van der Waals surface area (Å²) < 4.78 is 32.6. The highest BCUT2D eigenvalue weighted by Gasteiger charge is 2.31. The van der Waals surface area contributed by atoms with Crippen molar-refractivity contribution < 1.29 is 17.9 Å². The van der Waals surface area contributed by atoms with Crippen LogP contribution in [0.4, 0.5) is 5.00 Å². The molecule has 5 nitrogen and oxygen atoms in total. The lowest BCUT2D eigenvalue weighted by atomic mass is 9.99. The first-order chi connectivity index (χ1) is 15.3. The van der Waals surface area contributed by atoms with Crippen molar-refractivity contribution in [1.29, 1.82) is 0 Å². The van der Waals surface area contributed by atoms with Crippen molar-refractivity contribution in [2.75, 3.05) is 11.9 Å². The van der Waals surface area contributed by atoms with Crippen LogP contribution in [0, 0.1) is 6.92 Å². The van der Waals surface area contributed by atoms with E-state index in [9.17, 15) is 13.2 Å². The molecular weight excluding hydrogens is 489 g/mol. The Morgan fingerprint density at radius 3 is 2.53 bits per heavy atom. The number of ether oxygens (including phenoxy) is 1. The van der Waals surface area contributed by atoms with Crippen LogP contribution in [0.5, 0.6) is 5.75 Å². The summed E-state index contributed by atoms with van der Waals surface area (Å²) in [5.74, 6) is -0.140. The van der Waals surface area contributed by atoms with Crippen LogP contribution >= 0.6 is 34.5 Å². The number of carbonyl (C=O) groups excluding carboxylic acids is 1. The molecule has 9 heteroatoms. The number of halogens is 2. The fourth-order valence-electron chi connectivity index (χ4n) is 3.64. The lowest BCUT2D eigenvalue weighted by Crippen LogP contribution is -2.21. The van der Waals surface area contributed by atoms with Gasteiger partial charge >= 0.3 is 0 Å². The number of fused-ring (bicyclic) bond motifs is 1. The summed E-state index contributed by atoms with van der Waals surface area (Å²) in [6.07, 6.45) is 3.41. The SMILES string of the molecule is Cc1ccc(S(=O)(=O)c2c(NC(=O)COc3ccc(Cl)cc3Cl)sc3c2CCCC3)cc1. The van der Waals surface area contributed by atoms with Gasteiger partial charge in [0, 0.05) is 9.90 Å². The number of hydrogen-bond donors (Lipinski definition) is 1. The van der Waals surface area contributed by atoms with Gasteiger partial charge in [-0.05, 0) is 68.5 Å². The Labute approximate surface area is 201 Å². The van der Waals surface area contributed by atoms with Gasteiger partial charge < -0.3 is 10.1 Å². The molecule has 0 aliphatic heterocycles. The van der Waals surface area contributed by atoms with Crippen molar-refractivity contribution in [3.05, 3.63) is 68.5 Å². The molecule has 1 heterocycles. The summed E-state index contributed by atoms with van der Waals surface area (Å²) in [5, 5.41) is 3.85. The third-order valence-electron chi connectivity index (χ3n) is 5.23. The van der Waals surface area contributed by atoms with Crippen LogP contribution in [0.3, 0.4) is 0 Å². The van der Waals surface area contributed by atoms with E-state index in [0.717, 1.165) is 35.3 Å². The van der Waals surface area contributed by atoms with Crippen LogP contribution in [-0.4, -0.2) is 20.9 Å². The topological polar surface area (TPSA) is 72.5 Å².